The topological polar surface area (TPSA) is 75.3 Å². The number of carbonyl (C=O) groups is 1. The maximum absolute atomic E-state index is 12.4. The van der Waals surface area contributed by atoms with Gasteiger partial charge in [-0.05, 0) is 29.3 Å². The zero-order valence-corrected chi connectivity index (χ0v) is 12.2. The predicted molar refractivity (Wildman–Crippen MR) is 80.3 cm³/mol. The van der Waals surface area contributed by atoms with Crippen LogP contribution in [-0.2, 0) is 14.8 Å². The summed E-state index contributed by atoms with van der Waals surface area (Å²) in [4.78, 5) is 11.4. The molecule has 1 saturated heterocycles. The van der Waals surface area contributed by atoms with Crippen molar-refractivity contribution in [2.24, 2.45) is 0 Å². The summed E-state index contributed by atoms with van der Waals surface area (Å²) < 4.78 is 27.5. The van der Waals surface area contributed by atoms with Gasteiger partial charge in [0.2, 0.25) is 15.9 Å². The molecule has 2 aromatic carbocycles. The normalized spacial score (nSPS) is 19.4. The van der Waals surface area contributed by atoms with Crippen LogP contribution in [0.25, 0.3) is 10.8 Å². The number of amides is 1. The first-order valence-corrected chi connectivity index (χ1v) is 8.31. The molecule has 3 rings (SSSR count). The molecule has 0 saturated carbocycles. The van der Waals surface area contributed by atoms with Gasteiger partial charge in [-0.1, -0.05) is 30.3 Å². The van der Waals surface area contributed by atoms with Crippen LogP contribution in [0.1, 0.15) is 12.8 Å². The van der Waals surface area contributed by atoms with Crippen molar-refractivity contribution in [3.8, 4) is 0 Å². The van der Waals surface area contributed by atoms with Gasteiger partial charge in [0, 0.05) is 19.0 Å². The zero-order chi connectivity index (χ0) is 14.9. The van der Waals surface area contributed by atoms with Crippen LogP contribution in [0.15, 0.2) is 47.4 Å². The van der Waals surface area contributed by atoms with Gasteiger partial charge in [-0.25, -0.2) is 13.1 Å². The summed E-state index contributed by atoms with van der Waals surface area (Å²) in [6, 6.07) is 12.4. The Labute approximate surface area is 123 Å². The highest BCUT2D eigenvalue weighted by atomic mass is 32.2. The predicted octanol–water partition coefficient (Wildman–Crippen LogP) is 1.40. The molecule has 1 aliphatic rings. The Balaban J connectivity index is 1.84. The molecule has 1 fully saturated rings. The van der Waals surface area contributed by atoms with E-state index in [-0.39, 0.29) is 16.8 Å². The number of hydrogen-bond acceptors (Lipinski definition) is 3. The van der Waals surface area contributed by atoms with Crippen molar-refractivity contribution < 1.29 is 13.2 Å². The van der Waals surface area contributed by atoms with E-state index in [4.69, 9.17) is 0 Å². The van der Waals surface area contributed by atoms with Crippen molar-refractivity contribution in [1.82, 2.24) is 10.0 Å². The second kappa shape index (κ2) is 5.46. The lowest BCUT2D eigenvalue weighted by atomic mass is 10.1. The minimum Gasteiger partial charge on any atom is -0.355 e. The lowest BCUT2D eigenvalue weighted by molar-refractivity contribution is -0.122. The van der Waals surface area contributed by atoms with Crippen LogP contribution in [-0.4, -0.2) is 26.9 Å². The third-order valence-corrected chi connectivity index (χ3v) is 5.14. The quantitative estimate of drug-likeness (QED) is 0.900. The standard InChI is InChI=1S/C15H16N2O3S/c18-15-8-6-13(10-16-15)17-21(19,20)14-7-5-11-3-1-2-4-12(11)9-14/h1-5,7,9,13,17H,6,8,10H2,(H,16,18). The van der Waals surface area contributed by atoms with Crippen molar-refractivity contribution in [3.63, 3.8) is 0 Å². The van der Waals surface area contributed by atoms with E-state index in [9.17, 15) is 13.2 Å². The average Bonchev–Trinajstić information content (AvgIpc) is 2.49. The first-order valence-electron chi connectivity index (χ1n) is 6.82. The molecule has 6 heteroatoms. The fourth-order valence-electron chi connectivity index (χ4n) is 2.46. The number of sulfonamides is 1. The molecular weight excluding hydrogens is 288 g/mol. The van der Waals surface area contributed by atoms with Crippen LogP contribution in [0.2, 0.25) is 0 Å². The first kappa shape index (κ1) is 14.0. The van der Waals surface area contributed by atoms with Crippen molar-refractivity contribution >= 4 is 26.7 Å². The van der Waals surface area contributed by atoms with Gasteiger partial charge in [0.15, 0.2) is 0 Å². The molecule has 1 amide bonds. The van der Waals surface area contributed by atoms with E-state index >= 15 is 0 Å². The van der Waals surface area contributed by atoms with Crippen LogP contribution >= 0.6 is 0 Å². The van der Waals surface area contributed by atoms with E-state index in [0.29, 0.717) is 19.4 Å². The van der Waals surface area contributed by atoms with E-state index in [0.717, 1.165) is 10.8 Å². The van der Waals surface area contributed by atoms with Gasteiger partial charge >= 0.3 is 0 Å². The summed E-state index contributed by atoms with van der Waals surface area (Å²) in [5.74, 6) is -0.0313. The van der Waals surface area contributed by atoms with E-state index in [1.165, 1.54) is 0 Å². The van der Waals surface area contributed by atoms with Crippen molar-refractivity contribution in [1.29, 1.82) is 0 Å². The molecule has 0 bridgehead atoms. The minimum atomic E-state index is -3.57. The van der Waals surface area contributed by atoms with Crippen LogP contribution in [0.5, 0.6) is 0 Å². The van der Waals surface area contributed by atoms with Crippen molar-refractivity contribution in [2.45, 2.75) is 23.8 Å². The van der Waals surface area contributed by atoms with Gasteiger partial charge in [0.1, 0.15) is 0 Å². The molecule has 5 nitrogen and oxygen atoms in total. The number of piperidine rings is 1. The smallest absolute Gasteiger partial charge is 0.240 e. The lowest BCUT2D eigenvalue weighted by Crippen LogP contribution is -2.47. The highest BCUT2D eigenvalue weighted by Crippen LogP contribution is 2.19. The van der Waals surface area contributed by atoms with Gasteiger partial charge < -0.3 is 5.32 Å². The monoisotopic (exact) mass is 304 g/mol. The van der Waals surface area contributed by atoms with E-state index < -0.39 is 10.0 Å². The maximum atomic E-state index is 12.4. The number of benzene rings is 2. The number of hydrogen-bond donors (Lipinski definition) is 2. The summed E-state index contributed by atoms with van der Waals surface area (Å²) >= 11 is 0. The Morgan fingerprint density at radius 3 is 2.57 bits per heavy atom. The molecule has 1 aliphatic heterocycles. The molecule has 21 heavy (non-hydrogen) atoms. The second-order valence-corrected chi connectivity index (χ2v) is 6.88. The Kier molecular flexibility index (Phi) is 3.65. The summed E-state index contributed by atoms with van der Waals surface area (Å²) in [6.07, 6.45) is 0.879. The molecule has 1 unspecified atom stereocenters. The van der Waals surface area contributed by atoms with Crippen molar-refractivity contribution in [2.75, 3.05) is 6.54 Å². The highest BCUT2D eigenvalue weighted by Gasteiger charge is 2.24. The Bertz CT molecular complexity index is 776. The van der Waals surface area contributed by atoms with Gasteiger partial charge in [-0.15, -0.1) is 0 Å². The highest BCUT2D eigenvalue weighted by molar-refractivity contribution is 7.89. The van der Waals surface area contributed by atoms with Gasteiger partial charge in [-0.2, -0.15) is 0 Å². The number of carbonyl (C=O) groups excluding carboxylic acids is 1. The molecule has 2 aromatic rings. The molecule has 0 radical (unpaired) electrons. The molecule has 110 valence electrons. The number of fused-ring (bicyclic) bond motifs is 1. The molecule has 2 N–H and O–H groups in total. The molecule has 0 aliphatic carbocycles. The molecule has 1 atom stereocenters. The molecular formula is C15H16N2O3S. The second-order valence-electron chi connectivity index (χ2n) is 5.17. The van der Waals surface area contributed by atoms with Crippen LogP contribution < -0.4 is 10.0 Å². The first-order chi connectivity index (χ1) is 10.0. The van der Waals surface area contributed by atoms with Gasteiger partial charge in [0.05, 0.1) is 4.90 Å². The molecule has 1 heterocycles. The fourth-order valence-corrected chi connectivity index (χ4v) is 3.76. The minimum absolute atomic E-state index is 0.0313. The molecule has 0 spiro atoms. The third-order valence-electron chi connectivity index (χ3n) is 3.62. The maximum Gasteiger partial charge on any atom is 0.240 e. The summed E-state index contributed by atoms with van der Waals surface area (Å²) in [5, 5.41) is 4.56. The van der Waals surface area contributed by atoms with E-state index in [1.807, 2.05) is 24.3 Å². The Hall–Kier alpha value is -1.92. The van der Waals surface area contributed by atoms with Gasteiger partial charge in [0.25, 0.3) is 0 Å². The Morgan fingerprint density at radius 1 is 1.10 bits per heavy atom. The van der Waals surface area contributed by atoms with Gasteiger partial charge in [-0.3, -0.25) is 4.79 Å². The summed E-state index contributed by atoms with van der Waals surface area (Å²) in [6.45, 7) is 0.339. The Morgan fingerprint density at radius 2 is 1.86 bits per heavy atom. The lowest BCUT2D eigenvalue weighted by Gasteiger charge is -2.23. The molecule has 0 aromatic heterocycles. The average molecular weight is 304 g/mol. The van der Waals surface area contributed by atoms with Crippen LogP contribution in [0, 0.1) is 0 Å². The fraction of sp³-hybridized carbons (Fsp3) is 0.267. The van der Waals surface area contributed by atoms with Crippen LogP contribution in [0.4, 0.5) is 0 Å². The summed E-state index contributed by atoms with van der Waals surface area (Å²) in [7, 11) is -3.57. The van der Waals surface area contributed by atoms with Crippen molar-refractivity contribution in [3.05, 3.63) is 42.5 Å². The van der Waals surface area contributed by atoms with E-state index in [1.54, 1.807) is 18.2 Å². The SMILES string of the molecule is O=C1CCC(NS(=O)(=O)c2ccc3ccccc3c2)CN1. The zero-order valence-electron chi connectivity index (χ0n) is 11.4. The number of nitrogens with one attached hydrogen (secondary N) is 2. The van der Waals surface area contributed by atoms with Crippen LogP contribution in [0.3, 0.4) is 0 Å². The summed E-state index contributed by atoms with van der Waals surface area (Å²) in [5.41, 5.74) is 0. The third kappa shape index (κ3) is 3.06. The largest absolute Gasteiger partial charge is 0.355 e. The van der Waals surface area contributed by atoms with E-state index in [2.05, 4.69) is 10.0 Å². The number of rotatable bonds is 3.